The molecule has 1 unspecified atom stereocenters. The van der Waals surface area contributed by atoms with Gasteiger partial charge in [-0.15, -0.1) is 0 Å². The van der Waals surface area contributed by atoms with Crippen LogP contribution in [0, 0.1) is 0 Å². The molecule has 2 aromatic carbocycles. The molecular weight excluding hydrogens is 432 g/mol. The molecule has 2 aliphatic rings. The number of aliphatic imine (C=N–C) groups is 1. The minimum absolute atomic E-state index is 0.166. The lowest BCUT2D eigenvalue weighted by atomic mass is 9.93. The lowest BCUT2D eigenvalue weighted by Crippen LogP contribution is -2.42. The summed E-state index contributed by atoms with van der Waals surface area (Å²) in [7, 11) is 2.88. The molecule has 34 heavy (non-hydrogen) atoms. The maximum atomic E-state index is 13.1. The summed E-state index contributed by atoms with van der Waals surface area (Å²) in [5, 5.41) is 0. The zero-order chi connectivity index (χ0) is 23.9. The monoisotopic (exact) mass is 458 g/mol. The van der Waals surface area contributed by atoms with Crippen molar-refractivity contribution >= 4 is 18.3 Å². The van der Waals surface area contributed by atoms with Crippen molar-refractivity contribution in [2.75, 3.05) is 14.2 Å². The molecule has 7 heteroatoms. The van der Waals surface area contributed by atoms with Gasteiger partial charge in [-0.1, -0.05) is 60.7 Å². The van der Waals surface area contributed by atoms with Gasteiger partial charge >= 0.3 is 12.1 Å². The highest BCUT2D eigenvalue weighted by Crippen LogP contribution is 2.31. The van der Waals surface area contributed by atoms with Crippen LogP contribution in [0.25, 0.3) is 0 Å². The largest absolute Gasteiger partial charge is 0.482 e. The highest BCUT2D eigenvalue weighted by atomic mass is 16.6. The molecule has 0 N–H and O–H groups in total. The summed E-state index contributed by atoms with van der Waals surface area (Å²) in [5.74, 6) is 0.0266. The fourth-order valence-electron chi connectivity index (χ4n) is 3.92. The molecular formula is C27H26N2O5. The molecule has 7 nitrogen and oxygen atoms in total. The minimum Gasteiger partial charge on any atom is -0.482 e. The molecule has 174 valence electrons. The van der Waals surface area contributed by atoms with E-state index in [4.69, 9.17) is 14.2 Å². The summed E-state index contributed by atoms with van der Waals surface area (Å²) >= 11 is 0. The summed E-state index contributed by atoms with van der Waals surface area (Å²) in [6, 6.07) is 16.1. The number of ether oxygens (including phenoxy) is 3. The predicted molar refractivity (Wildman–Crippen MR) is 128 cm³/mol. The van der Waals surface area contributed by atoms with Gasteiger partial charge in [-0.05, 0) is 34.9 Å². The Morgan fingerprint density at radius 1 is 1.06 bits per heavy atom. The van der Waals surface area contributed by atoms with Crippen LogP contribution in [-0.4, -0.2) is 43.4 Å². The van der Waals surface area contributed by atoms with Gasteiger partial charge in [0.25, 0.3) is 0 Å². The third-order valence-corrected chi connectivity index (χ3v) is 5.68. The van der Waals surface area contributed by atoms with Crippen molar-refractivity contribution < 1.29 is 23.8 Å². The Morgan fingerprint density at radius 2 is 1.82 bits per heavy atom. The Balaban J connectivity index is 1.54. The molecule has 0 saturated heterocycles. The van der Waals surface area contributed by atoms with Crippen molar-refractivity contribution in [2.45, 2.75) is 25.1 Å². The Labute approximate surface area is 198 Å². The zero-order valence-corrected chi connectivity index (χ0v) is 19.1. The Morgan fingerprint density at radius 3 is 2.53 bits per heavy atom. The average Bonchev–Trinajstić information content (AvgIpc) is 2.91. The maximum absolute atomic E-state index is 13.1. The van der Waals surface area contributed by atoms with Crippen molar-refractivity contribution in [1.29, 1.82) is 0 Å². The smallest absolute Gasteiger partial charge is 0.417 e. The van der Waals surface area contributed by atoms with Crippen LogP contribution in [0.5, 0.6) is 0 Å². The van der Waals surface area contributed by atoms with Crippen LogP contribution >= 0.6 is 0 Å². The standard InChI is InChI=1S/C27H26N2O5/c1-32-25-10-6-9-24(29(25)27(31)34-18-19-7-4-3-5-8-19)22-15-16-28-23(17-22)20-11-13-21(14-12-20)26(30)33-2/h3-14,16-17,23-24H,15,18H2,1-2H3/t23?,24-/m0/s1. The van der Waals surface area contributed by atoms with Crippen molar-refractivity contribution in [3.63, 3.8) is 0 Å². The van der Waals surface area contributed by atoms with Gasteiger partial charge in [-0.25, -0.2) is 14.5 Å². The predicted octanol–water partition coefficient (Wildman–Crippen LogP) is 4.98. The van der Waals surface area contributed by atoms with Gasteiger partial charge in [0, 0.05) is 12.6 Å². The Bertz CT molecular complexity index is 1150. The van der Waals surface area contributed by atoms with Gasteiger partial charge in [0.15, 0.2) is 5.88 Å². The number of carbonyl (C=O) groups is 2. The number of hydrogen-bond donors (Lipinski definition) is 0. The normalized spacial score (nSPS) is 19.2. The molecule has 0 bridgehead atoms. The van der Waals surface area contributed by atoms with Crippen molar-refractivity contribution in [3.05, 3.63) is 107 Å². The van der Waals surface area contributed by atoms with E-state index < -0.39 is 6.09 Å². The fourth-order valence-corrected chi connectivity index (χ4v) is 3.92. The average molecular weight is 459 g/mol. The summed E-state index contributed by atoms with van der Waals surface area (Å²) in [6.07, 6.45) is 9.53. The van der Waals surface area contributed by atoms with E-state index in [0.29, 0.717) is 17.9 Å². The Kier molecular flexibility index (Phi) is 7.22. The number of allylic oxidation sites excluding steroid dienone is 2. The van der Waals surface area contributed by atoms with Crippen LogP contribution in [0.15, 0.2) is 95.3 Å². The molecule has 2 atom stereocenters. The van der Waals surface area contributed by atoms with Crippen molar-refractivity contribution in [3.8, 4) is 0 Å². The number of methoxy groups -OCH3 is 2. The summed E-state index contributed by atoms with van der Waals surface area (Å²) in [6.45, 7) is 0.166. The van der Waals surface area contributed by atoms with E-state index in [9.17, 15) is 9.59 Å². The summed E-state index contributed by atoms with van der Waals surface area (Å²) in [4.78, 5) is 31.0. The number of benzene rings is 2. The van der Waals surface area contributed by atoms with Crippen LogP contribution < -0.4 is 0 Å². The number of esters is 1. The van der Waals surface area contributed by atoms with E-state index >= 15 is 0 Å². The lowest BCUT2D eigenvalue weighted by molar-refractivity contribution is 0.0600. The van der Waals surface area contributed by atoms with Crippen molar-refractivity contribution in [2.24, 2.45) is 4.99 Å². The zero-order valence-electron chi connectivity index (χ0n) is 19.1. The van der Waals surface area contributed by atoms with E-state index in [2.05, 4.69) is 4.99 Å². The molecule has 0 radical (unpaired) electrons. The number of nitrogens with zero attached hydrogens (tertiary/aromatic N) is 2. The molecule has 0 aromatic heterocycles. The van der Waals surface area contributed by atoms with Gasteiger partial charge in [-0.2, -0.15) is 0 Å². The van der Waals surface area contributed by atoms with E-state index in [1.807, 2.05) is 66.9 Å². The second kappa shape index (κ2) is 10.7. The quantitative estimate of drug-likeness (QED) is 0.451. The SMILES string of the molecule is COC(=O)c1ccc(C2C=C([C@@H]3C=CC=C(OC)N3C(=O)OCc3ccccc3)CC=N2)cc1. The van der Waals surface area contributed by atoms with Gasteiger partial charge in [0.2, 0.25) is 0 Å². The first-order valence-corrected chi connectivity index (χ1v) is 10.9. The van der Waals surface area contributed by atoms with Gasteiger partial charge < -0.3 is 14.2 Å². The molecule has 0 spiro atoms. The first kappa shape index (κ1) is 23.0. The van der Waals surface area contributed by atoms with E-state index in [1.54, 1.807) is 18.2 Å². The molecule has 4 rings (SSSR count). The second-order valence-electron chi connectivity index (χ2n) is 7.78. The topological polar surface area (TPSA) is 77.4 Å². The molecule has 0 saturated carbocycles. The maximum Gasteiger partial charge on any atom is 0.417 e. The van der Waals surface area contributed by atoms with E-state index in [-0.39, 0.29) is 24.7 Å². The molecule has 0 fully saturated rings. The molecule has 2 aliphatic heterocycles. The van der Waals surface area contributed by atoms with Crippen LogP contribution in [0.1, 0.15) is 33.9 Å². The third-order valence-electron chi connectivity index (χ3n) is 5.68. The number of rotatable bonds is 6. The highest BCUT2D eigenvalue weighted by Gasteiger charge is 2.33. The highest BCUT2D eigenvalue weighted by molar-refractivity contribution is 5.89. The second-order valence-corrected chi connectivity index (χ2v) is 7.78. The third kappa shape index (κ3) is 5.09. The fraction of sp³-hybridized carbons (Fsp3) is 0.222. The lowest BCUT2D eigenvalue weighted by Gasteiger charge is -2.34. The first-order valence-electron chi connectivity index (χ1n) is 10.9. The van der Waals surface area contributed by atoms with Gasteiger partial charge in [0.05, 0.1) is 31.9 Å². The van der Waals surface area contributed by atoms with Crippen LogP contribution in [0.2, 0.25) is 0 Å². The number of amides is 1. The van der Waals surface area contributed by atoms with Gasteiger partial charge in [-0.3, -0.25) is 4.99 Å². The molecule has 0 aliphatic carbocycles. The summed E-state index contributed by atoms with van der Waals surface area (Å²) in [5.41, 5.74) is 3.31. The Hall–Kier alpha value is -4.13. The summed E-state index contributed by atoms with van der Waals surface area (Å²) < 4.78 is 15.9. The molecule has 1 amide bonds. The van der Waals surface area contributed by atoms with Crippen molar-refractivity contribution in [1.82, 2.24) is 4.90 Å². The first-order chi connectivity index (χ1) is 16.6. The molecule has 2 heterocycles. The van der Waals surface area contributed by atoms with Crippen LogP contribution in [0.4, 0.5) is 4.79 Å². The van der Waals surface area contributed by atoms with E-state index in [1.165, 1.54) is 19.1 Å². The number of dihydropyridines is 1. The number of carbonyl (C=O) groups excluding carboxylic acids is 2. The molecule has 2 aromatic rings. The van der Waals surface area contributed by atoms with Crippen LogP contribution in [-0.2, 0) is 20.8 Å². The van der Waals surface area contributed by atoms with E-state index in [0.717, 1.165) is 16.7 Å². The number of hydrogen-bond acceptors (Lipinski definition) is 6. The van der Waals surface area contributed by atoms with Gasteiger partial charge in [0.1, 0.15) is 6.61 Å². The van der Waals surface area contributed by atoms with Crippen LogP contribution in [0.3, 0.4) is 0 Å². The minimum atomic E-state index is -0.492.